The molecule has 1 aromatic rings. The van der Waals surface area contributed by atoms with Gasteiger partial charge in [0.15, 0.2) is 0 Å². The van der Waals surface area contributed by atoms with Crippen LogP contribution >= 0.6 is 23.5 Å². The van der Waals surface area contributed by atoms with Crippen molar-refractivity contribution in [1.29, 1.82) is 0 Å². The van der Waals surface area contributed by atoms with Gasteiger partial charge in [0, 0.05) is 22.4 Å². The summed E-state index contributed by atoms with van der Waals surface area (Å²) < 4.78 is 0. The van der Waals surface area contributed by atoms with Gasteiger partial charge in [-0.3, -0.25) is 0 Å². The van der Waals surface area contributed by atoms with Gasteiger partial charge in [-0.25, -0.2) is 0 Å². The summed E-state index contributed by atoms with van der Waals surface area (Å²) in [4.78, 5) is 1.33. The van der Waals surface area contributed by atoms with Crippen LogP contribution in [0, 0.1) is 5.41 Å². The summed E-state index contributed by atoms with van der Waals surface area (Å²) in [7, 11) is 0. The molecule has 1 heterocycles. The molecule has 0 aliphatic carbocycles. The van der Waals surface area contributed by atoms with Crippen LogP contribution in [0.25, 0.3) is 0 Å². The van der Waals surface area contributed by atoms with Gasteiger partial charge in [-0.05, 0) is 48.1 Å². The van der Waals surface area contributed by atoms with E-state index < -0.39 is 0 Å². The Morgan fingerprint density at radius 2 is 2.00 bits per heavy atom. The van der Waals surface area contributed by atoms with Crippen LogP contribution in [0.15, 0.2) is 29.2 Å². The molecule has 0 radical (unpaired) electrons. The fraction of sp³-hybridized carbons (Fsp3) is 0.571. The first kappa shape index (κ1) is 13.2. The molecule has 1 aliphatic heterocycles. The summed E-state index contributed by atoms with van der Waals surface area (Å²) in [6, 6.07) is 9.36. The highest BCUT2D eigenvalue weighted by Gasteiger charge is 2.32. The van der Waals surface area contributed by atoms with Gasteiger partial charge in [0.2, 0.25) is 0 Å². The van der Waals surface area contributed by atoms with E-state index in [4.69, 9.17) is 0 Å². The van der Waals surface area contributed by atoms with E-state index in [-0.39, 0.29) is 0 Å². The summed E-state index contributed by atoms with van der Waals surface area (Å²) in [6.45, 7) is 4.75. The number of anilines is 1. The SMILES string of the molecule is CSc1ccc(NC2CSCCC2(C)C)cc1. The van der Waals surface area contributed by atoms with Gasteiger partial charge in [-0.2, -0.15) is 11.8 Å². The Labute approximate surface area is 113 Å². The molecule has 1 fully saturated rings. The summed E-state index contributed by atoms with van der Waals surface area (Å²) in [6.07, 6.45) is 3.42. The monoisotopic (exact) mass is 267 g/mol. The van der Waals surface area contributed by atoms with Crippen molar-refractivity contribution in [1.82, 2.24) is 0 Å². The van der Waals surface area contributed by atoms with Crippen LogP contribution in [0.4, 0.5) is 5.69 Å². The maximum atomic E-state index is 3.69. The van der Waals surface area contributed by atoms with Crippen molar-refractivity contribution in [2.45, 2.75) is 31.2 Å². The van der Waals surface area contributed by atoms with E-state index in [1.165, 1.54) is 28.5 Å². The molecule has 0 saturated carbocycles. The van der Waals surface area contributed by atoms with Crippen molar-refractivity contribution in [2.24, 2.45) is 5.41 Å². The fourth-order valence-electron chi connectivity index (χ4n) is 2.06. The van der Waals surface area contributed by atoms with Crippen molar-refractivity contribution >= 4 is 29.2 Å². The van der Waals surface area contributed by atoms with Crippen molar-refractivity contribution < 1.29 is 0 Å². The van der Waals surface area contributed by atoms with E-state index in [0.717, 1.165) is 0 Å². The minimum absolute atomic E-state index is 0.406. The fourth-order valence-corrected chi connectivity index (χ4v) is 4.08. The molecule has 17 heavy (non-hydrogen) atoms. The summed E-state index contributed by atoms with van der Waals surface area (Å²) in [5.74, 6) is 2.52. The molecule has 1 unspecified atom stereocenters. The topological polar surface area (TPSA) is 12.0 Å². The number of hydrogen-bond donors (Lipinski definition) is 1. The van der Waals surface area contributed by atoms with Crippen LogP contribution in [0.3, 0.4) is 0 Å². The van der Waals surface area contributed by atoms with E-state index in [1.807, 2.05) is 0 Å². The molecule has 94 valence electrons. The first-order valence-electron chi connectivity index (χ1n) is 6.10. The molecule has 3 heteroatoms. The molecule has 2 rings (SSSR count). The van der Waals surface area contributed by atoms with E-state index in [2.05, 4.69) is 61.4 Å². The van der Waals surface area contributed by atoms with Gasteiger partial charge >= 0.3 is 0 Å². The quantitative estimate of drug-likeness (QED) is 0.818. The Bertz CT molecular complexity index is 359. The highest BCUT2D eigenvalue weighted by Crippen LogP contribution is 2.36. The molecule has 0 spiro atoms. The molecule has 1 saturated heterocycles. The van der Waals surface area contributed by atoms with E-state index in [9.17, 15) is 0 Å². The van der Waals surface area contributed by atoms with Gasteiger partial charge in [0.25, 0.3) is 0 Å². The van der Waals surface area contributed by atoms with Crippen LogP contribution in [0.5, 0.6) is 0 Å². The van der Waals surface area contributed by atoms with Gasteiger partial charge in [-0.15, -0.1) is 11.8 Å². The first-order chi connectivity index (χ1) is 8.12. The number of benzene rings is 1. The van der Waals surface area contributed by atoms with Crippen LogP contribution in [0.1, 0.15) is 20.3 Å². The standard InChI is InChI=1S/C14H21NS2/c1-14(2)8-9-17-10-13(14)15-11-4-6-12(16-3)7-5-11/h4-7,13,15H,8-10H2,1-3H3. The predicted molar refractivity (Wildman–Crippen MR) is 81.4 cm³/mol. The average molecular weight is 267 g/mol. The molecule has 0 aromatic heterocycles. The second-order valence-corrected chi connectivity index (χ2v) is 7.27. The van der Waals surface area contributed by atoms with Gasteiger partial charge in [0.05, 0.1) is 0 Å². The molecule has 1 N–H and O–H groups in total. The lowest BCUT2D eigenvalue weighted by atomic mass is 9.82. The third-order valence-corrected chi connectivity index (χ3v) is 5.35. The summed E-state index contributed by atoms with van der Waals surface area (Å²) in [5, 5.41) is 3.69. The summed E-state index contributed by atoms with van der Waals surface area (Å²) >= 11 is 3.86. The molecular formula is C14H21NS2. The molecule has 0 amide bonds. The summed E-state index contributed by atoms with van der Waals surface area (Å²) in [5.41, 5.74) is 1.66. The minimum Gasteiger partial charge on any atom is -0.381 e. The smallest absolute Gasteiger partial charge is 0.0403 e. The second-order valence-electron chi connectivity index (χ2n) is 5.24. The van der Waals surface area contributed by atoms with Gasteiger partial charge < -0.3 is 5.32 Å². The Morgan fingerprint density at radius 3 is 2.59 bits per heavy atom. The lowest BCUT2D eigenvalue weighted by Crippen LogP contribution is -2.41. The normalized spacial score (nSPS) is 23.4. The van der Waals surface area contributed by atoms with Crippen LogP contribution in [-0.2, 0) is 0 Å². The van der Waals surface area contributed by atoms with Crippen molar-refractivity contribution in [2.75, 3.05) is 23.1 Å². The third-order valence-electron chi connectivity index (χ3n) is 3.55. The number of hydrogen-bond acceptors (Lipinski definition) is 3. The predicted octanol–water partition coefficient (Wildman–Crippen LogP) is 4.35. The molecular weight excluding hydrogens is 246 g/mol. The zero-order valence-electron chi connectivity index (χ0n) is 10.8. The molecule has 1 nitrogen and oxygen atoms in total. The number of thioether (sulfide) groups is 2. The zero-order chi connectivity index (χ0) is 12.3. The lowest BCUT2D eigenvalue weighted by molar-refractivity contribution is 0.305. The minimum atomic E-state index is 0.406. The average Bonchev–Trinajstić information content (AvgIpc) is 2.33. The highest BCUT2D eigenvalue weighted by molar-refractivity contribution is 7.99. The largest absolute Gasteiger partial charge is 0.381 e. The maximum Gasteiger partial charge on any atom is 0.0403 e. The molecule has 1 aromatic carbocycles. The maximum absolute atomic E-state index is 3.69. The zero-order valence-corrected chi connectivity index (χ0v) is 12.5. The second kappa shape index (κ2) is 5.57. The van der Waals surface area contributed by atoms with Crippen LogP contribution in [-0.4, -0.2) is 23.8 Å². The van der Waals surface area contributed by atoms with Crippen molar-refractivity contribution in [3.63, 3.8) is 0 Å². The van der Waals surface area contributed by atoms with Gasteiger partial charge in [-0.1, -0.05) is 13.8 Å². The Morgan fingerprint density at radius 1 is 1.29 bits per heavy atom. The lowest BCUT2D eigenvalue weighted by Gasteiger charge is -2.39. The van der Waals surface area contributed by atoms with Crippen molar-refractivity contribution in [3.8, 4) is 0 Å². The van der Waals surface area contributed by atoms with Crippen LogP contribution in [0.2, 0.25) is 0 Å². The van der Waals surface area contributed by atoms with E-state index in [0.29, 0.717) is 11.5 Å². The van der Waals surface area contributed by atoms with Crippen LogP contribution < -0.4 is 5.32 Å². The molecule has 1 aliphatic rings. The first-order valence-corrected chi connectivity index (χ1v) is 8.48. The van der Waals surface area contributed by atoms with E-state index >= 15 is 0 Å². The molecule has 0 bridgehead atoms. The Balaban J connectivity index is 2.03. The van der Waals surface area contributed by atoms with Gasteiger partial charge in [0.1, 0.15) is 0 Å². The molecule has 1 atom stereocenters. The Kier molecular flexibility index (Phi) is 4.31. The Hall–Kier alpha value is -0.280. The number of nitrogens with one attached hydrogen (secondary N) is 1. The van der Waals surface area contributed by atoms with Crippen molar-refractivity contribution in [3.05, 3.63) is 24.3 Å². The van der Waals surface area contributed by atoms with E-state index in [1.54, 1.807) is 11.8 Å². The highest BCUT2D eigenvalue weighted by atomic mass is 32.2. The third kappa shape index (κ3) is 3.35. The number of rotatable bonds is 3.